The number of nitrogens with one attached hydrogen (secondary N) is 1. The van der Waals surface area contributed by atoms with Gasteiger partial charge in [0.1, 0.15) is 0 Å². The molecule has 0 unspecified atom stereocenters. The number of thioether (sulfide) groups is 1. The smallest absolute Gasteiger partial charge is 0.332 e. The van der Waals surface area contributed by atoms with Crippen LogP contribution in [0.25, 0.3) is 0 Å². The molecule has 15 heavy (non-hydrogen) atoms. The second-order valence-corrected chi connectivity index (χ2v) is 4.07. The van der Waals surface area contributed by atoms with Gasteiger partial charge in [-0.3, -0.25) is 0 Å². The molecular formula is C10H13N3OS. The minimum Gasteiger partial charge on any atom is -0.350 e. The molecule has 0 spiro atoms. The van der Waals surface area contributed by atoms with Gasteiger partial charge in [-0.15, -0.1) is 11.8 Å². The number of benzene rings is 1. The highest BCUT2D eigenvalue weighted by Gasteiger charge is 1.92. The molecule has 0 saturated carbocycles. The van der Waals surface area contributed by atoms with E-state index in [0.29, 0.717) is 0 Å². The Kier molecular flexibility index (Phi) is 4.70. The molecule has 2 amide bonds. The van der Waals surface area contributed by atoms with E-state index in [2.05, 4.69) is 17.5 Å². The van der Waals surface area contributed by atoms with Crippen LogP contribution in [0.4, 0.5) is 4.79 Å². The molecule has 1 aromatic carbocycles. The van der Waals surface area contributed by atoms with Crippen molar-refractivity contribution >= 4 is 24.0 Å². The molecule has 0 bridgehead atoms. The minimum absolute atomic E-state index is 0.663. The Morgan fingerprint density at radius 2 is 2.20 bits per heavy atom. The quantitative estimate of drug-likeness (QED) is 0.464. The summed E-state index contributed by atoms with van der Waals surface area (Å²) in [6.07, 6.45) is 1.55. The van der Waals surface area contributed by atoms with Crippen molar-refractivity contribution in [3.8, 4) is 0 Å². The van der Waals surface area contributed by atoms with E-state index in [9.17, 15) is 4.79 Å². The molecule has 80 valence electrons. The standard InChI is InChI=1S/C10H13N3OS/c1-2-15-9-5-3-8(4-6-9)7-12-13-10(11)14/h3-7H,2H2,1H3,(H3,11,13,14). The molecule has 0 fully saturated rings. The van der Waals surface area contributed by atoms with Gasteiger partial charge in [0.25, 0.3) is 0 Å². The number of nitrogens with two attached hydrogens (primary N) is 1. The third-order valence-electron chi connectivity index (χ3n) is 1.58. The molecule has 0 heterocycles. The van der Waals surface area contributed by atoms with Gasteiger partial charge in [0.05, 0.1) is 6.21 Å². The van der Waals surface area contributed by atoms with Crippen LogP contribution in [0, 0.1) is 0 Å². The second kappa shape index (κ2) is 6.08. The summed E-state index contributed by atoms with van der Waals surface area (Å²) in [6, 6.07) is 7.23. The largest absolute Gasteiger partial charge is 0.350 e. The van der Waals surface area contributed by atoms with Crippen molar-refractivity contribution in [3.63, 3.8) is 0 Å². The highest BCUT2D eigenvalue weighted by atomic mass is 32.2. The van der Waals surface area contributed by atoms with Gasteiger partial charge in [-0.2, -0.15) is 5.10 Å². The lowest BCUT2D eigenvalue weighted by Crippen LogP contribution is -2.24. The highest BCUT2D eigenvalue weighted by molar-refractivity contribution is 7.99. The maximum atomic E-state index is 10.3. The van der Waals surface area contributed by atoms with Crippen molar-refractivity contribution in [2.45, 2.75) is 11.8 Å². The summed E-state index contributed by atoms with van der Waals surface area (Å²) in [5.41, 5.74) is 7.91. The van der Waals surface area contributed by atoms with Crippen LogP contribution < -0.4 is 11.2 Å². The number of hydrazone groups is 1. The molecule has 3 N–H and O–H groups in total. The number of urea groups is 1. The fraction of sp³-hybridized carbons (Fsp3) is 0.200. The molecular weight excluding hydrogens is 210 g/mol. The van der Waals surface area contributed by atoms with Crippen molar-refractivity contribution < 1.29 is 4.79 Å². The normalized spacial score (nSPS) is 10.5. The predicted molar refractivity (Wildman–Crippen MR) is 63.2 cm³/mol. The zero-order chi connectivity index (χ0) is 11.1. The van der Waals surface area contributed by atoms with Gasteiger partial charge >= 0.3 is 6.03 Å². The third kappa shape index (κ3) is 4.51. The molecule has 1 aromatic rings. The molecule has 0 aromatic heterocycles. The van der Waals surface area contributed by atoms with E-state index in [-0.39, 0.29) is 0 Å². The molecule has 1 rings (SSSR count). The van der Waals surface area contributed by atoms with Crippen LogP contribution in [0.5, 0.6) is 0 Å². The summed E-state index contributed by atoms with van der Waals surface area (Å²) in [6.45, 7) is 2.11. The SMILES string of the molecule is CCSc1ccc(C=NNC(N)=O)cc1. The van der Waals surface area contributed by atoms with E-state index in [1.807, 2.05) is 24.3 Å². The zero-order valence-electron chi connectivity index (χ0n) is 8.43. The minimum atomic E-state index is -0.663. The Bertz CT molecular complexity index is 348. The van der Waals surface area contributed by atoms with Crippen molar-refractivity contribution in [3.05, 3.63) is 29.8 Å². The first kappa shape index (κ1) is 11.6. The zero-order valence-corrected chi connectivity index (χ0v) is 9.25. The lowest BCUT2D eigenvalue weighted by Gasteiger charge is -1.98. The number of amides is 2. The Hall–Kier alpha value is -1.49. The fourth-order valence-electron chi connectivity index (χ4n) is 0.987. The first-order chi connectivity index (χ1) is 7.22. The van der Waals surface area contributed by atoms with Gasteiger partial charge in [-0.05, 0) is 23.4 Å². The Labute approximate surface area is 92.9 Å². The van der Waals surface area contributed by atoms with E-state index >= 15 is 0 Å². The van der Waals surface area contributed by atoms with Crippen molar-refractivity contribution in [2.24, 2.45) is 10.8 Å². The van der Waals surface area contributed by atoms with Gasteiger partial charge in [0.2, 0.25) is 0 Å². The van der Waals surface area contributed by atoms with Gasteiger partial charge in [-0.1, -0.05) is 19.1 Å². The van der Waals surface area contributed by atoms with E-state index in [1.54, 1.807) is 18.0 Å². The molecule has 0 aliphatic rings. The highest BCUT2D eigenvalue weighted by Crippen LogP contribution is 2.16. The number of hydrogen-bond acceptors (Lipinski definition) is 3. The van der Waals surface area contributed by atoms with Crippen LogP contribution in [-0.2, 0) is 0 Å². The average molecular weight is 223 g/mol. The number of carbonyl (C=O) groups excluding carboxylic acids is 1. The van der Waals surface area contributed by atoms with Crippen LogP contribution in [0.2, 0.25) is 0 Å². The van der Waals surface area contributed by atoms with Crippen LogP contribution in [0.15, 0.2) is 34.3 Å². The molecule has 5 heteroatoms. The molecule has 0 atom stereocenters. The Balaban J connectivity index is 2.56. The number of hydrogen-bond donors (Lipinski definition) is 2. The van der Waals surface area contributed by atoms with Crippen molar-refractivity contribution in [1.82, 2.24) is 5.43 Å². The Morgan fingerprint density at radius 1 is 1.53 bits per heavy atom. The van der Waals surface area contributed by atoms with Gasteiger partial charge in [0, 0.05) is 4.90 Å². The summed E-state index contributed by atoms with van der Waals surface area (Å²) in [5, 5.41) is 3.66. The number of primary amides is 1. The monoisotopic (exact) mass is 223 g/mol. The third-order valence-corrected chi connectivity index (χ3v) is 2.47. The van der Waals surface area contributed by atoms with Crippen LogP contribution >= 0.6 is 11.8 Å². The van der Waals surface area contributed by atoms with E-state index in [4.69, 9.17) is 5.73 Å². The maximum absolute atomic E-state index is 10.3. The number of rotatable bonds is 4. The molecule has 0 aliphatic carbocycles. The van der Waals surface area contributed by atoms with Crippen molar-refractivity contribution in [2.75, 3.05) is 5.75 Å². The van der Waals surface area contributed by atoms with Gasteiger partial charge < -0.3 is 5.73 Å². The lowest BCUT2D eigenvalue weighted by molar-refractivity contribution is 0.249. The summed E-state index contributed by atoms with van der Waals surface area (Å²) in [4.78, 5) is 11.5. The van der Waals surface area contributed by atoms with Crippen LogP contribution in [0.3, 0.4) is 0 Å². The van der Waals surface area contributed by atoms with E-state index in [0.717, 1.165) is 11.3 Å². The fourth-order valence-corrected chi connectivity index (χ4v) is 1.65. The predicted octanol–water partition coefficient (Wildman–Crippen LogP) is 1.80. The first-order valence-corrected chi connectivity index (χ1v) is 5.52. The lowest BCUT2D eigenvalue weighted by atomic mass is 10.2. The average Bonchev–Trinajstić information content (AvgIpc) is 2.20. The summed E-state index contributed by atoms with van der Waals surface area (Å²) < 4.78 is 0. The van der Waals surface area contributed by atoms with E-state index in [1.165, 1.54) is 4.90 Å². The second-order valence-electron chi connectivity index (χ2n) is 2.74. The van der Waals surface area contributed by atoms with Crippen LogP contribution in [0.1, 0.15) is 12.5 Å². The van der Waals surface area contributed by atoms with Crippen molar-refractivity contribution in [1.29, 1.82) is 0 Å². The summed E-state index contributed by atoms with van der Waals surface area (Å²) >= 11 is 1.78. The summed E-state index contributed by atoms with van der Waals surface area (Å²) in [7, 11) is 0. The Morgan fingerprint density at radius 3 is 2.73 bits per heavy atom. The van der Waals surface area contributed by atoms with E-state index < -0.39 is 6.03 Å². The van der Waals surface area contributed by atoms with Crippen LogP contribution in [-0.4, -0.2) is 18.0 Å². The summed E-state index contributed by atoms with van der Waals surface area (Å²) in [5.74, 6) is 1.05. The molecule has 0 saturated heterocycles. The van der Waals surface area contributed by atoms with Gasteiger partial charge in [-0.25, -0.2) is 10.2 Å². The number of nitrogens with zero attached hydrogens (tertiary/aromatic N) is 1. The molecule has 0 radical (unpaired) electrons. The topological polar surface area (TPSA) is 67.5 Å². The molecule has 0 aliphatic heterocycles. The van der Waals surface area contributed by atoms with Gasteiger partial charge in [0.15, 0.2) is 0 Å². The first-order valence-electron chi connectivity index (χ1n) is 4.53. The number of carbonyl (C=O) groups is 1. The molecule has 4 nitrogen and oxygen atoms in total. The maximum Gasteiger partial charge on any atom is 0.332 e.